The van der Waals surface area contributed by atoms with Gasteiger partial charge in [0.2, 0.25) is 5.09 Å². The van der Waals surface area contributed by atoms with Crippen molar-refractivity contribution in [2.75, 3.05) is 0 Å². The number of hydrogen-bond acceptors (Lipinski definition) is 4. The number of rotatable bonds is 5. The highest BCUT2D eigenvalue weighted by molar-refractivity contribution is 9.10. The Morgan fingerprint density at radius 3 is 2.65 bits per heavy atom. The summed E-state index contributed by atoms with van der Waals surface area (Å²) in [4.78, 5) is 0. The van der Waals surface area contributed by atoms with Crippen LogP contribution < -0.4 is 10.5 Å². The van der Waals surface area contributed by atoms with E-state index in [1.165, 1.54) is 18.2 Å². The van der Waals surface area contributed by atoms with Crippen LogP contribution in [0.5, 0.6) is 0 Å². The smallest absolute Gasteiger partial charge is 0.271 e. The predicted octanol–water partition coefficient (Wildman–Crippen LogP) is 2.12. The van der Waals surface area contributed by atoms with Crippen LogP contribution >= 0.6 is 15.9 Å². The summed E-state index contributed by atoms with van der Waals surface area (Å²) in [5.41, 5.74) is 0.498. The van der Waals surface area contributed by atoms with Crippen LogP contribution in [0.1, 0.15) is 11.3 Å². The third-order valence-corrected chi connectivity index (χ3v) is 3.81. The summed E-state index contributed by atoms with van der Waals surface area (Å²) < 4.78 is 41.4. The minimum atomic E-state index is -3.83. The summed E-state index contributed by atoms with van der Waals surface area (Å²) in [6.45, 7) is 0.554. The highest BCUT2D eigenvalue weighted by Gasteiger charge is 2.13. The number of nitrogens with one attached hydrogen (secondary N) is 1. The monoisotopic (exact) mass is 362 g/mol. The van der Waals surface area contributed by atoms with Gasteiger partial charge < -0.3 is 9.73 Å². The molecule has 0 spiro atoms. The fourth-order valence-electron chi connectivity index (χ4n) is 1.61. The first kappa shape index (κ1) is 15.2. The zero-order valence-corrected chi connectivity index (χ0v) is 12.7. The summed E-state index contributed by atoms with van der Waals surface area (Å²) in [7, 11) is -3.83. The van der Waals surface area contributed by atoms with Crippen molar-refractivity contribution in [3.05, 3.63) is 51.9 Å². The molecular formula is C12H12BrFN2O3S. The molecule has 3 N–H and O–H groups in total. The van der Waals surface area contributed by atoms with Gasteiger partial charge in [0, 0.05) is 16.6 Å². The van der Waals surface area contributed by atoms with E-state index in [0.717, 1.165) is 4.47 Å². The summed E-state index contributed by atoms with van der Waals surface area (Å²) in [6, 6.07) is 7.44. The second-order valence-corrected chi connectivity index (χ2v) is 6.51. The molecule has 0 saturated carbocycles. The molecule has 1 aromatic heterocycles. The molecule has 0 amide bonds. The number of hydrogen-bond donors (Lipinski definition) is 2. The van der Waals surface area contributed by atoms with Gasteiger partial charge in [-0.2, -0.15) is 0 Å². The Labute approximate surface area is 124 Å². The van der Waals surface area contributed by atoms with Crippen molar-refractivity contribution >= 4 is 26.0 Å². The number of furan rings is 1. The van der Waals surface area contributed by atoms with Crippen molar-refractivity contribution in [3.63, 3.8) is 0 Å². The Morgan fingerprint density at radius 1 is 1.25 bits per heavy atom. The van der Waals surface area contributed by atoms with Gasteiger partial charge in [0.15, 0.2) is 0 Å². The average Bonchev–Trinajstić information content (AvgIpc) is 2.82. The van der Waals surface area contributed by atoms with Crippen molar-refractivity contribution in [2.24, 2.45) is 5.14 Å². The predicted molar refractivity (Wildman–Crippen MR) is 74.7 cm³/mol. The maximum absolute atomic E-state index is 13.5. The maximum Gasteiger partial charge on any atom is 0.271 e. The Balaban J connectivity index is 1.96. The van der Waals surface area contributed by atoms with Crippen molar-refractivity contribution in [3.8, 4) is 0 Å². The molecule has 2 aromatic rings. The van der Waals surface area contributed by atoms with Crippen LogP contribution in [-0.2, 0) is 23.1 Å². The van der Waals surface area contributed by atoms with Crippen molar-refractivity contribution in [2.45, 2.75) is 18.2 Å². The molecule has 0 bridgehead atoms. The van der Waals surface area contributed by atoms with Gasteiger partial charge in [-0.1, -0.05) is 15.9 Å². The Morgan fingerprint density at radius 2 is 2.00 bits per heavy atom. The summed E-state index contributed by atoms with van der Waals surface area (Å²) in [5.74, 6) is 0.0924. The SMILES string of the molecule is NS(=O)(=O)c1ccc(CNCc2cc(Br)ccc2F)o1. The zero-order valence-electron chi connectivity index (χ0n) is 10.3. The van der Waals surface area contributed by atoms with Gasteiger partial charge in [-0.25, -0.2) is 17.9 Å². The second kappa shape index (κ2) is 6.04. The van der Waals surface area contributed by atoms with E-state index >= 15 is 0 Å². The Kier molecular flexibility index (Phi) is 4.59. The standard InChI is InChI=1S/C12H12BrFN2O3S/c13-9-1-3-11(14)8(5-9)6-16-7-10-2-4-12(19-10)20(15,17)18/h1-5,16H,6-7H2,(H2,15,17,18). The van der Waals surface area contributed by atoms with Gasteiger partial charge in [-0.05, 0) is 30.3 Å². The molecule has 108 valence electrons. The van der Waals surface area contributed by atoms with E-state index in [-0.39, 0.29) is 24.0 Å². The third kappa shape index (κ3) is 3.89. The first-order valence-corrected chi connectivity index (χ1v) is 7.96. The highest BCUT2D eigenvalue weighted by Crippen LogP contribution is 2.16. The van der Waals surface area contributed by atoms with E-state index in [1.54, 1.807) is 12.1 Å². The minimum absolute atomic E-state index is 0.265. The molecule has 0 radical (unpaired) electrons. The zero-order chi connectivity index (χ0) is 14.8. The van der Waals surface area contributed by atoms with Crippen LogP contribution in [0.25, 0.3) is 0 Å². The second-order valence-electron chi connectivity index (χ2n) is 4.11. The first-order valence-electron chi connectivity index (χ1n) is 5.62. The van der Waals surface area contributed by atoms with E-state index in [0.29, 0.717) is 11.3 Å². The van der Waals surface area contributed by atoms with E-state index in [4.69, 9.17) is 9.56 Å². The molecular weight excluding hydrogens is 351 g/mol. The van der Waals surface area contributed by atoms with Crippen LogP contribution in [0.2, 0.25) is 0 Å². The molecule has 5 nitrogen and oxygen atoms in total. The molecule has 1 heterocycles. The summed E-state index contributed by atoms with van der Waals surface area (Å²) in [6.07, 6.45) is 0. The normalized spacial score (nSPS) is 11.8. The number of sulfonamides is 1. The van der Waals surface area contributed by atoms with Gasteiger partial charge >= 0.3 is 0 Å². The first-order chi connectivity index (χ1) is 9.36. The van der Waals surface area contributed by atoms with Gasteiger partial charge in [-0.3, -0.25) is 0 Å². The van der Waals surface area contributed by atoms with Crippen LogP contribution in [0.3, 0.4) is 0 Å². The lowest BCUT2D eigenvalue weighted by atomic mass is 10.2. The fraction of sp³-hybridized carbons (Fsp3) is 0.167. The lowest BCUT2D eigenvalue weighted by molar-refractivity contribution is 0.401. The number of halogens is 2. The molecule has 0 saturated heterocycles. The van der Waals surface area contributed by atoms with Crippen molar-refractivity contribution in [1.82, 2.24) is 5.32 Å². The van der Waals surface area contributed by atoms with E-state index in [1.807, 2.05) is 0 Å². The van der Waals surface area contributed by atoms with Gasteiger partial charge in [0.1, 0.15) is 11.6 Å². The van der Waals surface area contributed by atoms with E-state index in [9.17, 15) is 12.8 Å². The molecule has 0 aliphatic rings. The number of nitrogens with two attached hydrogens (primary N) is 1. The molecule has 0 aliphatic carbocycles. The number of primary sulfonamides is 1. The molecule has 0 aliphatic heterocycles. The van der Waals surface area contributed by atoms with Crippen molar-refractivity contribution < 1.29 is 17.2 Å². The van der Waals surface area contributed by atoms with Crippen LogP contribution in [0.4, 0.5) is 4.39 Å². The van der Waals surface area contributed by atoms with E-state index in [2.05, 4.69) is 21.2 Å². The molecule has 8 heteroatoms. The third-order valence-electron chi connectivity index (χ3n) is 2.54. The molecule has 2 rings (SSSR count). The topological polar surface area (TPSA) is 85.3 Å². The lowest BCUT2D eigenvalue weighted by Gasteiger charge is -2.05. The Hall–Kier alpha value is -1.22. The maximum atomic E-state index is 13.5. The van der Waals surface area contributed by atoms with Crippen LogP contribution in [-0.4, -0.2) is 8.42 Å². The van der Waals surface area contributed by atoms with Crippen molar-refractivity contribution in [1.29, 1.82) is 0 Å². The van der Waals surface area contributed by atoms with Crippen LogP contribution in [0.15, 0.2) is 44.3 Å². The Bertz CT molecular complexity index is 715. The quantitative estimate of drug-likeness (QED) is 0.852. The van der Waals surface area contributed by atoms with Crippen LogP contribution in [0, 0.1) is 5.82 Å². The molecule has 1 aromatic carbocycles. The number of benzene rings is 1. The largest absolute Gasteiger partial charge is 0.447 e. The fourth-order valence-corrected chi connectivity index (χ4v) is 2.49. The van der Waals surface area contributed by atoms with Gasteiger partial charge in [0.05, 0.1) is 6.54 Å². The van der Waals surface area contributed by atoms with Gasteiger partial charge in [0.25, 0.3) is 10.0 Å². The highest BCUT2D eigenvalue weighted by atomic mass is 79.9. The van der Waals surface area contributed by atoms with Gasteiger partial charge in [-0.15, -0.1) is 0 Å². The summed E-state index contributed by atoms with van der Waals surface area (Å²) >= 11 is 3.26. The minimum Gasteiger partial charge on any atom is -0.447 e. The molecule has 0 unspecified atom stereocenters. The average molecular weight is 363 g/mol. The molecule has 0 fully saturated rings. The molecule has 0 atom stereocenters. The lowest BCUT2D eigenvalue weighted by Crippen LogP contribution is -2.13. The summed E-state index contributed by atoms with van der Waals surface area (Å²) in [5, 5.41) is 7.60. The van der Waals surface area contributed by atoms with E-state index < -0.39 is 10.0 Å². The molecule has 20 heavy (non-hydrogen) atoms.